The van der Waals surface area contributed by atoms with Crippen LogP contribution in [0.5, 0.6) is 5.75 Å². The lowest BCUT2D eigenvalue weighted by molar-refractivity contribution is -0.151. The van der Waals surface area contributed by atoms with Gasteiger partial charge in [0.15, 0.2) is 6.10 Å². The Morgan fingerprint density at radius 2 is 1.94 bits per heavy atom. The van der Waals surface area contributed by atoms with E-state index in [2.05, 4.69) is 20.8 Å². The standard InChI is InChI=1S/C20H20N6O8S2/c27-11-3-1-9(2-4-11)15(30)16(31)21-13-17(32)26-14(19(33)34)10(7-35-18(13)26)8-36-20-22-23-24-25(20)6-5-12(28)29/h1-4,13,15,18,27,30H,5-8H2,(H,21,31)(H,28,29)(H,33,34)/t13?,15?,18-/m1/s1. The number of hydrogen-bond donors (Lipinski definition) is 5. The molecule has 2 aromatic rings. The molecule has 0 aliphatic carbocycles. The summed E-state index contributed by atoms with van der Waals surface area (Å²) in [7, 11) is 0. The summed E-state index contributed by atoms with van der Waals surface area (Å²) >= 11 is 2.38. The first-order valence-electron chi connectivity index (χ1n) is 10.5. The molecule has 0 saturated carbocycles. The normalized spacial score (nSPS) is 19.9. The Morgan fingerprint density at radius 1 is 1.22 bits per heavy atom. The van der Waals surface area contributed by atoms with Crippen molar-refractivity contribution in [3.63, 3.8) is 0 Å². The van der Waals surface area contributed by atoms with Crippen molar-refractivity contribution in [2.75, 3.05) is 11.5 Å². The van der Waals surface area contributed by atoms with E-state index >= 15 is 0 Å². The van der Waals surface area contributed by atoms with Gasteiger partial charge in [-0.25, -0.2) is 9.48 Å². The molecule has 2 unspecified atom stereocenters. The molecule has 4 rings (SSSR count). The predicted molar refractivity (Wildman–Crippen MR) is 124 cm³/mol. The minimum atomic E-state index is -1.57. The van der Waals surface area contributed by atoms with Crippen molar-refractivity contribution in [1.82, 2.24) is 30.4 Å². The first-order chi connectivity index (χ1) is 17.2. The van der Waals surface area contributed by atoms with E-state index < -0.39 is 41.3 Å². The van der Waals surface area contributed by atoms with Crippen LogP contribution in [0.2, 0.25) is 0 Å². The van der Waals surface area contributed by atoms with Gasteiger partial charge in [0.1, 0.15) is 22.9 Å². The second kappa shape index (κ2) is 10.5. The molecule has 2 amide bonds. The third kappa shape index (κ3) is 5.14. The molecule has 1 fully saturated rings. The third-order valence-corrected chi connectivity index (χ3v) is 7.80. The minimum Gasteiger partial charge on any atom is -0.508 e. The first kappa shape index (κ1) is 25.5. The number of tetrazole rings is 1. The van der Waals surface area contributed by atoms with Gasteiger partial charge < -0.3 is 25.7 Å². The molecule has 0 radical (unpaired) electrons. The van der Waals surface area contributed by atoms with E-state index in [0.29, 0.717) is 10.7 Å². The van der Waals surface area contributed by atoms with E-state index in [1.165, 1.54) is 40.7 Å². The molecule has 1 aromatic carbocycles. The van der Waals surface area contributed by atoms with Gasteiger partial charge in [-0.2, -0.15) is 0 Å². The molecule has 1 aromatic heterocycles. The third-order valence-electron chi connectivity index (χ3n) is 5.42. The molecule has 2 aliphatic rings. The van der Waals surface area contributed by atoms with Gasteiger partial charge in [-0.1, -0.05) is 23.9 Å². The van der Waals surface area contributed by atoms with Gasteiger partial charge in [0.25, 0.3) is 11.8 Å². The number of aromatic nitrogens is 4. The first-order valence-corrected chi connectivity index (χ1v) is 12.5. The predicted octanol–water partition coefficient (Wildman–Crippen LogP) is -0.582. The molecule has 36 heavy (non-hydrogen) atoms. The molecular formula is C20H20N6O8S2. The number of nitrogens with one attached hydrogen (secondary N) is 1. The number of phenolic OH excluding ortho intramolecular Hbond substituents is 1. The Hall–Kier alpha value is -3.63. The number of carboxylic acid groups (broad SMARTS) is 2. The van der Waals surface area contributed by atoms with Crippen molar-refractivity contribution < 1.29 is 39.6 Å². The van der Waals surface area contributed by atoms with Crippen LogP contribution >= 0.6 is 23.5 Å². The molecule has 0 bridgehead atoms. The Morgan fingerprint density at radius 3 is 2.61 bits per heavy atom. The number of thioether (sulfide) groups is 2. The largest absolute Gasteiger partial charge is 0.508 e. The number of phenols is 1. The van der Waals surface area contributed by atoms with Gasteiger partial charge in [-0.15, -0.1) is 16.9 Å². The number of aryl methyl sites for hydroxylation is 1. The maximum atomic E-state index is 12.8. The maximum absolute atomic E-state index is 12.8. The number of hydrogen-bond acceptors (Lipinski definition) is 11. The molecular weight excluding hydrogens is 516 g/mol. The van der Waals surface area contributed by atoms with Gasteiger partial charge >= 0.3 is 11.9 Å². The van der Waals surface area contributed by atoms with Crippen LogP contribution < -0.4 is 5.32 Å². The van der Waals surface area contributed by atoms with Crippen molar-refractivity contribution in [3.05, 3.63) is 41.1 Å². The lowest BCUT2D eigenvalue weighted by Crippen LogP contribution is -2.70. The number of β-lactam (4-membered cyclic amide) rings is 1. The fourth-order valence-corrected chi connectivity index (χ4v) is 6.02. The Labute approximate surface area is 211 Å². The number of aromatic hydroxyl groups is 1. The number of carbonyl (C=O) groups excluding carboxylic acids is 2. The van der Waals surface area contributed by atoms with Crippen LogP contribution in [-0.4, -0.2) is 92.2 Å². The second-order valence-corrected chi connectivity index (χ2v) is 9.81. The van der Waals surface area contributed by atoms with Crippen LogP contribution in [0.15, 0.2) is 40.7 Å². The average molecular weight is 537 g/mol. The van der Waals surface area contributed by atoms with Gasteiger partial charge in [-0.05, 0) is 33.7 Å². The zero-order valence-corrected chi connectivity index (χ0v) is 20.0. The van der Waals surface area contributed by atoms with E-state index in [0.717, 1.165) is 16.7 Å². The highest BCUT2D eigenvalue weighted by Gasteiger charge is 2.54. The van der Waals surface area contributed by atoms with Crippen molar-refractivity contribution in [3.8, 4) is 5.75 Å². The second-order valence-electron chi connectivity index (χ2n) is 7.76. The smallest absolute Gasteiger partial charge is 0.352 e. The molecule has 5 N–H and O–H groups in total. The van der Waals surface area contributed by atoms with Crippen molar-refractivity contribution in [2.24, 2.45) is 0 Å². The number of benzene rings is 1. The van der Waals surface area contributed by atoms with Gasteiger partial charge in [0, 0.05) is 11.5 Å². The van der Waals surface area contributed by atoms with Gasteiger partial charge in [0.05, 0.1) is 13.0 Å². The summed E-state index contributed by atoms with van der Waals surface area (Å²) in [5.41, 5.74) is 0.482. The van der Waals surface area contributed by atoms with Crippen molar-refractivity contribution >= 4 is 47.3 Å². The fraction of sp³-hybridized carbons (Fsp3) is 0.350. The van der Waals surface area contributed by atoms with Crippen LogP contribution in [0.25, 0.3) is 0 Å². The van der Waals surface area contributed by atoms with Crippen LogP contribution in [0.4, 0.5) is 0 Å². The number of aliphatic carboxylic acids is 2. The Kier molecular flexibility index (Phi) is 7.46. The maximum Gasteiger partial charge on any atom is 0.352 e. The number of carboxylic acids is 2. The van der Waals surface area contributed by atoms with Crippen LogP contribution in [0, 0.1) is 0 Å². The number of amides is 2. The highest BCUT2D eigenvalue weighted by atomic mass is 32.2. The number of aliphatic hydroxyl groups excluding tert-OH is 1. The van der Waals surface area contributed by atoms with E-state index in [9.17, 15) is 34.5 Å². The molecule has 3 atom stereocenters. The Bertz CT molecular complexity index is 1230. The number of carbonyl (C=O) groups is 4. The quantitative estimate of drug-likeness (QED) is 0.190. The topological polar surface area (TPSA) is 208 Å². The van der Waals surface area contributed by atoms with E-state index in [-0.39, 0.29) is 41.5 Å². The Balaban J connectivity index is 1.43. The van der Waals surface area contributed by atoms with Crippen LogP contribution in [-0.2, 0) is 25.7 Å². The molecule has 14 nitrogen and oxygen atoms in total. The molecule has 1 saturated heterocycles. The van der Waals surface area contributed by atoms with Gasteiger partial charge in [0.2, 0.25) is 5.16 Å². The van der Waals surface area contributed by atoms with Crippen LogP contribution in [0.1, 0.15) is 18.1 Å². The highest BCUT2D eigenvalue weighted by Crippen LogP contribution is 2.41. The summed E-state index contributed by atoms with van der Waals surface area (Å²) in [5, 5.41) is 51.5. The average Bonchev–Trinajstić information content (AvgIpc) is 3.31. The zero-order valence-electron chi connectivity index (χ0n) is 18.3. The summed E-state index contributed by atoms with van der Waals surface area (Å²) in [6.07, 6.45) is -1.76. The number of aliphatic hydroxyl groups is 1. The molecule has 0 spiro atoms. The summed E-state index contributed by atoms with van der Waals surface area (Å²) in [6, 6.07) is 4.36. The highest BCUT2D eigenvalue weighted by molar-refractivity contribution is 8.01. The molecule has 2 aliphatic heterocycles. The van der Waals surface area contributed by atoms with E-state index in [4.69, 9.17) is 5.11 Å². The monoisotopic (exact) mass is 536 g/mol. The fourth-order valence-electron chi connectivity index (χ4n) is 3.63. The van der Waals surface area contributed by atoms with Crippen molar-refractivity contribution in [1.29, 1.82) is 0 Å². The summed E-state index contributed by atoms with van der Waals surface area (Å²) in [4.78, 5) is 49.3. The van der Waals surface area contributed by atoms with Crippen LogP contribution in [0.3, 0.4) is 0 Å². The van der Waals surface area contributed by atoms with Gasteiger partial charge in [-0.3, -0.25) is 19.3 Å². The summed E-state index contributed by atoms with van der Waals surface area (Å²) < 4.78 is 1.30. The summed E-state index contributed by atoms with van der Waals surface area (Å²) in [5.74, 6) is -3.39. The molecule has 190 valence electrons. The number of rotatable bonds is 10. The van der Waals surface area contributed by atoms with E-state index in [1.54, 1.807) is 0 Å². The SMILES string of the molecule is O=C(O)CCn1nnnc1SCC1=C(C(=O)O)N2C(=O)C(NC(=O)C(O)c3ccc(O)cc3)[C@H]2SC1. The van der Waals surface area contributed by atoms with Crippen molar-refractivity contribution in [2.45, 2.75) is 35.6 Å². The minimum absolute atomic E-state index is 0.0338. The lowest BCUT2D eigenvalue weighted by Gasteiger charge is -2.49. The number of fused-ring (bicyclic) bond motifs is 1. The number of nitrogens with zero attached hydrogens (tertiary/aromatic N) is 5. The lowest BCUT2D eigenvalue weighted by atomic mass is 10.0. The molecule has 3 heterocycles. The zero-order chi connectivity index (χ0) is 26.0. The van der Waals surface area contributed by atoms with E-state index in [1.807, 2.05) is 0 Å². The summed E-state index contributed by atoms with van der Waals surface area (Å²) in [6.45, 7) is 0.0499. The molecule has 16 heteroatoms.